The zero-order valence-electron chi connectivity index (χ0n) is 11.4. The van der Waals surface area contributed by atoms with Crippen molar-refractivity contribution in [2.75, 3.05) is 17.9 Å². The number of nitrogens with zero attached hydrogens (tertiary/aromatic N) is 2. The lowest BCUT2D eigenvalue weighted by atomic mass is 10.0. The first-order valence-electron chi connectivity index (χ1n) is 6.80. The van der Waals surface area contributed by atoms with Gasteiger partial charge in [-0.1, -0.05) is 6.07 Å². The lowest BCUT2D eigenvalue weighted by molar-refractivity contribution is 0.0601. The van der Waals surface area contributed by atoms with Crippen LogP contribution in [0.5, 0.6) is 0 Å². The number of nitrogens with one attached hydrogen (secondary N) is 1. The van der Waals surface area contributed by atoms with Crippen LogP contribution in [0.25, 0.3) is 0 Å². The standard InChI is InChI=1S/C13H17N3O3S2/c17-21(18,13-2-1-7-20-13)15-12-8-14-16(10-12)9-11-3-5-19-6-4-11/h1-2,7-8,10-11,15H,3-6,9H2. The number of aromatic nitrogens is 2. The Morgan fingerprint density at radius 1 is 1.43 bits per heavy atom. The summed E-state index contributed by atoms with van der Waals surface area (Å²) < 4.78 is 34.2. The van der Waals surface area contributed by atoms with Crippen molar-refractivity contribution in [3.05, 3.63) is 29.9 Å². The predicted octanol–water partition coefficient (Wildman–Crippen LogP) is 2.17. The molecule has 1 fully saturated rings. The Bertz CT molecular complexity index is 673. The molecule has 2 aromatic heterocycles. The van der Waals surface area contributed by atoms with Gasteiger partial charge in [-0.3, -0.25) is 9.40 Å². The molecule has 1 N–H and O–H groups in total. The van der Waals surface area contributed by atoms with Gasteiger partial charge < -0.3 is 4.74 Å². The van der Waals surface area contributed by atoms with Crippen LogP contribution in [0, 0.1) is 5.92 Å². The second-order valence-corrected chi connectivity index (χ2v) is 7.90. The molecule has 0 atom stereocenters. The first-order chi connectivity index (χ1) is 10.1. The van der Waals surface area contributed by atoms with E-state index in [1.165, 1.54) is 11.3 Å². The zero-order valence-corrected chi connectivity index (χ0v) is 13.1. The molecular formula is C13H17N3O3S2. The number of rotatable bonds is 5. The molecule has 0 aromatic carbocycles. The molecule has 3 rings (SSSR count). The van der Waals surface area contributed by atoms with E-state index in [2.05, 4.69) is 9.82 Å². The highest BCUT2D eigenvalue weighted by Gasteiger charge is 2.18. The second-order valence-electron chi connectivity index (χ2n) is 5.04. The maximum Gasteiger partial charge on any atom is 0.271 e. The smallest absolute Gasteiger partial charge is 0.271 e. The van der Waals surface area contributed by atoms with Crippen molar-refractivity contribution in [3.8, 4) is 0 Å². The van der Waals surface area contributed by atoms with Crippen LogP contribution in [-0.4, -0.2) is 31.4 Å². The molecule has 3 heterocycles. The van der Waals surface area contributed by atoms with E-state index in [0.29, 0.717) is 15.8 Å². The molecule has 0 radical (unpaired) electrons. The molecule has 2 aromatic rings. The summed E-state index contributed by atoms with van der Waals surface area (Å²) in [6.07, 6.45) is 5.33. The SMILES string of the molecule is O=S(=O)(Nc1cnn(CC2CCOCC2)c1)c1cccs1. The topological polar surface area (TPSA) is 73.2 Å². The van der Waals surface area contributed by atoms with Gasteiger partial charge in [-0.25, -0.2) is 8.42 Å². The molecule has 114 valence electrons. The van der Waals surface area contributed by atoms with Gasteiger partial charge in [-0.05, 0) is 30.2 Å². The Morgan fingerprint density at radius 3 is 2.95 bits per heavy atom. The van der Waals surface area contributed by atoms with E-state index in [1.807, 2.05) is 0 Å². The van der Waals surface area contributed by atoms with Crippen molar-refractivity contribution >= 4 is 27.0 Å². The van der Waals surface area contributed by atoms with Gasteiger partial charge in [0.15, 0.2) is 0 Å². The summed E-state index contributed by atoms with van der Waals surface area (Å²) in [4.78, 5) is 0. The van der Waals surface area contributed by atoms with Crippen molar-refractivity contribution in [2.24, 2.45) is 5.92 Å². The van der Waals surface area contributed by atoms with E-state index in [9.17, 15) is 8.42 Å². The van der Waals surface area contributed by atoms with Crippen LogP contribution >= 0.6 is 11.3 Å². The Hall–Kier alpha value is -1.38. The molecule has 21 heavy (non-hydrogen) atoms. The van der Waals surface area contributed by atoms with Crippen molar-refractivity contribution < 1.29 is 13.2 Å². The van der Waals surface area contributed by atoms with Gasteiger partial charge in [-0.15, -0.1) is 11.3 Å². The summed E-state index contributed by atoms with van der Waals surface area (Å²) in [5.74, 6) is 0.542. The van der Waals surface area contributed by atoms with E-state index in [4.69, 9.17) is 4.74 Å². The molecule has 6 nitrogen and oxygen atoms in total. The summed E-state index contributed by atoms with van der Waals surface area (Å²) in [6.45, 7) is 2.39. The van der Waals surface area contributed by atoms with Crippen LogP contribution in [0.15, 0.2) is 34.1 Å². The highest BCUT2D eigenvalue weighted by atomic mass is 32.2. The van der Waals surface area contributed by atoms with Gasteiger partial charge in [0.1, 0.15) is 4.21 Å². The number of anilines is 1. The number of hydrogen-bond donors (Lipinski definition) is 1. The average Bonchev–Trinajstić information content (AvgIpc) is 3.11. The van der Waals surface area contributed by atoms with Crippen molar-refractivity contribution in [2.45, 2.75) is 23.6 Å². The molecule has 0 bridgehead atoms. The third-order valence-electron chi connectivity index (χ3n) is 3.43. The third-order valence-corrected chi connectivity index (χ3v) is 6.21. The lowest BCUT2D eigenvalue weighted by Crippen LogP contribution is -2.20. The summed E-state index contributed by atoms with van der Waals surface area (Å²) in [6, 6.07) is 3.30. The fourth-order valence-corrected chi connectivity index (χ4v) is 4.35. The molecule has 0 aliphatic carbocycles. The Balaban J connectivity index is 1.65. The van der Waals surface area contributed by atoms with Gasteiger partial charge in [-0.2, -0.15) is 5.10 Å². The zero-order chi connectivity index (χ0) is 14.7. The number of sulfonamides is 1. The van der Waals surface area contributed by atoms with E-state index in [1.54, 1.807) is 34.6 Å². The van der Waals surface area contributed by atoms with Crippen LogP contribution in [-0.2, 0) is 21.3 Å². The van der Waals surface area contributed by atoms with Crippen LogP contribution in [0.1, 0.15) is 12.8 Å². The first-order valence-corrected chi connectivity index (χ1v) is 9.16. The van der Waals surface area contributed by atoms with Crippen LogP contribution in [0.4, 0.5) is 5.69 Å². The minimum Gasteiger partial charge on any atom is -0.381 e. The fraction of sp³-hybridized carbons (Fsp3) is 0.462. The maximum atomic E-state index is 12.1. The third kappa shape index (κ3) is 3.63. The van der Waals surface area contributed by atoms with E-state index in [0.717, 1.165) is 32.6 Å². The predicted molar refractivity (Wildman–Crippen MR) is 80.9 cm³/mol. The number of ether oxygens (including phenoxy) is 1. The number of thiophene rings is 1. The second kappa shape index (κ2) is 6.17. The van der Waals surface area contributed by atoms with Crippen LogP contribution in [0.2, 0.25) is 0 Å². The number of hydrogen-bond acceptors (Lipinski definition) is 5. The van der Waals surface area contributed by atoms with Crippen molar-refractivity contribution in [1.29, 1.82) is 0 Å². The first kappa shape index (κ1) is 14.6. The van der Waals surface area contributed by atoms with Crippen molar-refractivity contribution in [1.82, 2.24) is 9.78 Å². The molecule has 0 spiro atoms. The molecule has 0 amide bonds. The average molecular weight is 327 g/mol. The van der Waals surface area contributed by atoms with Crippen LogP contribution < -0.4 is 4.72 Å². The molecule has 0 unspecified atom stereocenters. The lowest BCUT2D eigenvalue weighted by Gasteiger charge is -2.21. The maximum absolute atomic E-state index is 12.1. The van der Waals surface area contributed by atoms with Gasteiger partial charge in [0.25, 0.3) is 10.0 Å². The Morgan fingerprint density at radius 2 is 2.24 bits per heavy atom. The summed E-state index contributed by atoms with van der Waals surface area (Å²) in [5, 5.41) is 5.97. The minimum atomic E-state index is -3.49. The van der Waals surface area contributed by atoms with E-state index < -0.39 is 10.0 Å². The normalized spacial score (nSPS) is 17.0. The highest BCUT2D eigenvalue weighted by molar-refractivity contribution is 7.94. The fourth-order valence-electron chi connectivity index (χ4n) is 2.33. The van der Waals surface area contributed by atoms with E-state index in [-0.39, 0.29) is 0 Å². The van der Waals surface area contributed by atoms with Crippen LogP contribution in [0.3, 0.4) is 0 Å². The van der Waals surface area contributed by atoms with E-state index >= 15 is 0 Å². The molecular weight excluding hydrogens is 310 g/mol. The summed E-state index contributed by atoms with van der Waals surface area (Å²) in [5.41, 5.74) is 0.496. The van der Waals surface area contributed by atoms with Gasteiger partial charge in [0, 0.05) is 26.0 Å². The van der Waals surface area contributed by atoms with Gasteiger partial charge >= 0.3 is 0 Å². The molecule has 1 aliphatic rings. The highest BCUT2D eigenvalue weighted by Crippen LogP contribution is 2.21. The van der Waals surface area contributed by atoms with Gasteiger partial charge in [0.05, 0.1) is 11.9 Å². The molecule has 8 heteroatoms. The monoisotopic (exact) mass is 327 g/mol. The Labute approximate surface area is 127 Å². The summed E-state index contributed by atoms with van der Waals surface area (Å²) >= 11 is 1.19. The minimum absolute atomic E-state index is 0.305. The largest absolute Gasteiger partial charge is 0.381 e. The molecule has 1 saturated heterocycles. The molecule has 1 aliphatic heterocycles. The van der Waals surface area contributed by atoms with Gasteiger partial charge in [0.2, 0.25) is 0 Å². The summed E-state index contributed by atoms with van der Waals surface area (Å²) in [7, 11) is -3.49. The Kier molecular flexibility index (Phi) is 4.27. The van der Waals surface area contributed by atoms with Crippen molar-refractivity contribution in [3.63, 3.8) is 0 Å². The quantitative estimate of drug-likeness (QED) is 0.913. The molecule has 0 saturated carbocycles.